The molecule has 2 atom stereocenters. The number of allylic oxidation sites excluding steroid dienone is 1. The molecule has 2 unspecified atom stereocenters. The van der Waals surface area contributed by atoms with Gasteiger partial charge in [0.1, 0.15) is 0 Å². The second-order valence-corrected chi connectivity index (χ2v) is 12.6. The lowest BCUT2D eigenvalue weighted by Crippen LogP contribution is -2.46. The van der Waals surface area contributed by atoms with Gasteiger partial charge in [-0.15, -0.1) is 6.58 Å². The monoisotopic (exact) mass is 294 g/mol. The van der Waals surface area contributed by atoms with E-state index in [1.165, 1.54) is 38.5 Å². The van der Waals surface area contributed by atoms with E-state index in [1.54, 1.807) is 0 Å². The van der Waals surface area contributed by atoms with Crippen LogP contribution in [0.15, 0.2) is 12.7 Å². The van der Waals surface area contributed by atoms with Crippen molar-refractivity contribution in [3.05, 3.63) is 12.7 Å². The van der Waals surface area contributed by atoms with Crippen molar-refractivity contribution < 1.29 is 4.43 Å². The quantitative estimate of drug-likeness (QED) is 0.436. The minimum absolute atomic E-state index is 0.555. The molecule has 0 N–H and O–H groups in total. The average molecular weight is 295 g/mol. The Morgan fingerprint density at radius 1 is 1.05 bits per heavy atom. The zero-order valence-corrected chi connectivity index (χ0v) is 15.0. The van der Waals surface area contributed by atoms with Gasteiger partial charge in [-0.05, 0) is 41.8 Å². The summed E-state index contributed by atoms with van der Waals surface area (Å²) in [7, 11) is -1.70. The fraction of sp³-hybridized carbons (Fsp3) is 0.889. The summed E-state index contributed by atoms with van der Waals surface area (Å²) in [5.74, 6) is 1.95. The van der Waals surface area contributed by atoms with Crippen LogP contribution in [-0.4, -0.2) is 14.4 Å². The number of fused-ring (bicyclic) bond motifs is 1. The Kier molecular flexibility index (Phi) is 5.53. The standard InChI is InChI=1S/C18H34OSi/c1-6-11-20(14(2)3,15(4)5)19-18-12-16-9-7-8-10-17(16)13-18/h6,14-18H,1,7-13H2,2-5H3. The van der Waals surface area contributed by atoms with Gasteiger partial charge in [0.05, 0.1) is 0 Å². The molecule has 1 nitrogen and oxygen atoms in total. The van der Waals surface area contributed by atoms with Crippen molar-refractivity contribution in [2.24, 2.45) is 11.8 Å². The number of hydrogen-bond donors (Lipinski definition) is 0. The summed E-state index contributed by atoms with van der Waals surface area (Å²) in [5.41, 5.74) is 1.37. The third kappa shape index (κ3) is 3.22. The molecule has 2 saturated carbocycles. The molecule has 2 aliphatic carbocycles. The third-order valence-electron chi connectivity index (χ3n) is 6.00. The van der Waals surface area contributed by atoms with Crippen LogP contribution in [0, 0.1) is 11.8 Å². The Bertz CT molecular complexity index is 301. The van der Waals surface area contributed by atoms with Crippen molar-refractivity contribution in [3.63, 3.8) is 0 Å². The number of rotatable bonds is 6. The van der Waals surface area contributed by atoms with E-state index in [-0.39, 0.29) is 0 Å². The van der Waals surface area contributed by atoms with E-state index in [0.29, 0.717) is 17.2 Å². The first-order chi connectivity index (χ1) is 9.49. The highest BCUT2D eigenvalue weighted by Crippen LogP contribution is 2.47. The molecule has 0 amide bonds. The molecule has 0 aromatic carbocycles. The highest BCUT2D eigenvalue weighted by molar-refractivity contribution is 6.76. The van der Waals surface area contributed by atoms with Crippen LogP contribution in [0.25, 0.3) is 0 Å². The Morgan fingerprint density at radius 3 is 1.95 bits per heavy atom. The molecule has 2 rings (SSSR count). The predicted octanol–water partition coefficient (Wildman–Crippen LogP) is 5.92. The van der Waals surface area contributed by atoms with Crippen molar-refractivity contribution in [3.8, 4) is 0 Å². The van der Waals surface area contributed by atoms with Gasteiger partial charge in [0.2, 0.25) is 8.32 Å². The van der Waals surface area contributed by atoms with Crippen LogP contribution in [0.5, 0.6) is 0 Å². The minimum Gasteiger partial charge on any atom is -0.413 e. The van der Waals surface area contributed by atoms with Crippen molar-refractivity contribution >= 4 is 8.32 Å². The molecule has 2 heteroatoms. The summed E-state index contributed by atoms with van der Waals surface area (Å²) in [5, 5.41) is 0. The van der Waals surface area contributed by atoms with Gasteiger partial charge < -0.3 is 4.43 Å². The van der Waals surface area contributed by atoms with Gasteiger partial charge in [-0.25, -0.2) is 0 Å². The molecule has 0 aromatic heterocycles. The Morgan fingerprint density at radius 2 is 1.55 bits per heavy atom. The summed E-state index contributed by atoms with van der Waals surface area (Å²) in [6.45, 7) is 13.5. The topological polar surface area (TPSA) is 9.23 Å². The van der Waals surface area contributed by atoms with Gasteiger partial charge >= 0.3 is 0 Å². The van der Waals surface area contributed by atoms with Crippen LogP contribution in [0.1, 0.15) is 66.2 Å². The van der Waals surface area contributed by atoms with Gasteiger partial charge in [-0.1, -0.05) is 59.5 Å². The smallest absolute Gasteiger partial charge is 0.201 e. The van der Waals surface area contributed by atoms with Crippen molar-refractivity contribution in [1.29, 1.82) is 0 Å². The molecule has 2 aliphatic rings. The predicted molar refractivity (Wildman–Crippen MR) is 90.5 cm³/mol. The summed E-state index contributed by atoms with van der Waals surface area (Å²) in [6, 6.07) is 1.12. The van der Waals surface area contributed by atoms with Gasteiger partial charge in [0.15, 0.2) is 0 Å². The van der Waals surface area contributed by atoms with Gasteiger partial charge in [0.25, 0.3) is 0 Å². The molecular formula is C18H34OSi. The maximum absolute atomic E-state index is 6.92. The molecular weight excluding hydrogens is 260 g/mol. The van der Waals surface area contributed by atoms with Crippen molar-refractivity contribution in [2.45, 2.75) is 89.5 Å². The molecule has 2 fully saturated rings. The van der Waals surface area contributed by atoms with Crippen LogP contribution in [-0.2, 0) is 4.43 Å². The molecule has 0 aliphatic heterocycles. The van der Waals surface area contributed by atoms with Crippen molar-refractivity contribution in [1.82, 2.24) is 0 Å². The van der Waals surface area contributed by atoms with Crippen LogP contribution < -0.4 is 0 Å². The molecule has 0 bridgehead atoms. The zero-order chi connectivity index (χ0) is 14.8. The first-order valence-electron chi connectivity index (χ1n) is 8.78. The Hall–Kier alpha value is -0.0831. The molecule has 0 heterocycles. The first kappa shape index (κ1) is 16.3. The van der Waals surface area contributed by atoms with Crippen LogP contribution in [0.2, 0.25) is 17.1 Å². The van der Waals surface area contributed by atoms with E-state index < -0.39 is 8.32 Å². The summed E-state index contributed by atoms with van der Waals surface area (Å²) in [4.78, 5) is 0. The van der Waals surface area contributed by atoms with Gasteiger partial charge in [-0.2, -0.15) is 0 Å². The van der Waals surface area contributed by atoms with E-state index in [0.717, 1.165) is 17.9 Å². The highest BCUT2D eigenvalue weighted by atomic mass is 28.4. The van der Waals surface area contributed by atoms with E-state index in [4.69, 9.17) is 4.43 Å². The normalized spacial score (nSPS) is 30.8. The largest absolute Gasteiger partial charge is 0.413 e. The van der Waals surface area contributed by atoms with Crippen LogP contribution in [0.4, 0.5) is 0 Å². The Labute approximate surface area is 127 Å². The molecule has 0 aromatic rings. The van der Waals surface area contributed by atoms with E-state index in [2.05, 4.69) is 40.3 Å². The summed E-state index contributed by atoms with van der Waals surface area (Å²) < 4.78 is 6.92. The third-order valence-corrected chi connectivity index (χ3v) is 11.6. The molecule has 0 radical (unpaired) electrons. The summed E-state index contributed by atoms with van der Waals surface area (Å²) >= 11 is 0. The fourth-order valence-electron chi connectivity index (χ4n) is 4.77. The number of hydrogen-bond acceptors (Lipinski definition) is 1. The lowest BCUT2D eigenvalue weighted by molar-refractivity contribution is 0.179. The Balaban J connectivity index is 2.06. The minimum atomic E-state index is -1.70. The van der Waals surface area contributed by atoms with Crippen molar-refractivity contribution in [2.75, 3.05) is 0 Å². The lowest BCUT2D eigenvalue weighted by Gasteiger charge is -2.40. The maximum atomic E-state index is 6.92. The summed E-state index contributed by atoms with van der Waals surface area (Å²) in [6.07, 6.45) is 11.2. The fourth-order valence-corrected chi connectivity index (χ4v) is 8.95. The van der Waals surface area contributed by atoms with Gasteiger partial charge in [0, 0.05) is 6.10 Å². The second-order valence-electron chi connectivity index (χ2n) is 7.77. The molecule has 20 heavy (non-hydrogen) atoms. The van der Waals surface area contributed by atoms with E-state index in [1.807, 2.05) is 0 Å². The van der Waals surface area contributed by atoms with E-state index in [9.17, 15) is 0 Å². The first-order valence-corrected chi connectivity index (χ1v) is 11.0. The zero-order valence-electron chi connectivity index (χ0n) is 14.0. The van der Waals surface area contributed by atoms with Crippen LogP contribution in [0.3, 0.4) is 0 Å². The molecule has 0 spiro atoms. The van der Waals surface area contributed by atoms with Crippen LogP contribution >= 0.6 is 0 Å². The van der Waals surface area contributed by atoms with E-state index >= 15 is 0 Å². The average Bonchev–Trinajstić information content (AvgIpc) is 2.79. The second kappa shape index (κ2) is 6.78. The lowest BCUT2D eigenvalue weighted by atomic mass is 9.82. The maximum Gasteiger partial charge on any atom is 0.201 e. The SMILES string of the molecule is C=CC[Si](OC1CC2CCCCC2C1)(C(C)C)C(C)C. The molecule has 116 valence electrons. The molecule has 0 saturated heterocycles. The van der Waals surface area contributed by atoms with Gasteiger partial charge in [-0.3, -0.25) is 0 Å². The highest BCUT2D eigenvalue weighted by Gasteiger charge is 2.45.